The summed E-state index contributed by atoms with van der Waals surface area (Å²) in [5.41, 5.74) is 2.85. The van der Waals surface area contributed by atoms with E-state index in [0.29, 0.717) is 6.04 Å². The Morgan fingerprint density at radius 3 is 2.61 bits per heavy atom. The molecule has 2 rings (SSSR count). The van der Waals surface area contributed by atoms with Crippen LogP contribution < -0.4 is 10.6 Å². The molecule has 0 spiro atoms. The Labute approximate surface area is 111 Å². The average molecular weight is 246 g/mol. The quantitative estimate of drug-likeness (QED) is 0.806. The molecule has 2 N–H and O–H groups in total. The zero-order valence-electron chi connectivity index (χ0n) is 11.5. The van der Waals surface area contributed by atoms with E-state index in [9.17, 15) is 0 Å². The van der Waals surface area contributed by atoms with Gasteiger partial charge in [0, 0.05) is 19.1 Å². The van der Waals surface area contributed by atoms with Gasteiger partial charge < -0.3 is 10.6 Å². The molecule has 0 bridgehead atoms. The normalized spacial score (nSPS) is 19.9. The van der Waals surface area contributed by atoms with Gasteiger partial charge in [-0.25, -0.2) is 0 Å². The Morgan fingerprint density at radius 2 is 1.94 bits per heavy atom. The molecule has 0 radical (unpaired) electrons. The van der Waals surface area contributed by atoms with Crippen molar-refractivity contribution < 1.29 is 0 Å². The van der Waals surface area contributed by atoms with Gasteiger partial charge in [0.1, 0.15) is 0 Å². The topological polar surface area (TPSA) is 24.1 Å². The number of piperidine rings is 1. The third kappa shape index (κ3) is 4.43. The van der Waals surface area contributed by atoms with Gasteiger partial charge in [0.15, 0.2) is 0 Å². The van der Waals surface area contributed by atoms with E-state index in [2.05, 4.69) is 41.8 Å². The summed E-state index contributed by atoms with van der Waals surface area (Å²) in [5, 5.41) is 7.13. The van der Waals surface area contributed by atoms with Crippen LogP contribution in [0.25, 0.3) is 0 Å². The van der Waals surface area contributed by atoms with E-state index < -0.39 is 0 Å². The van der Waals surface area contributed by atoms with Gasteiger partial charge >= 0.3 is 0 Å². The largest absolute Gasteiger partial charge is 0.313 e. The minimum Gasteiger partial charge on any atom is -0.313 e. The van der Waals surface area contributed by atoms with Gasteiger partial charge in [-0.2, -0.15) is 0 Å². The van der Waals surface area contributed by atoms with Crippen molar-refractivity contribution in [3.8, 4) is 0 Å². The van der Waals surface area contributed by atoms with E-state index in [1.165, 1.54) is 49.8 Å². The molecule has 0 saturated carbocycles. The van der Waals surface area contributed by atoms with Gasteiger partial charge in [0.25, 0.3) is 0 Å². The minimum absolute atomic E-state index is 0.679. The van der Waals surface area contributed by atoms with Crippen molar-refractivity contribution in [2.45, 2.75) is 51.6 Å². The average Bonchev–Trinajstić information content (AvgIpc) is 2.42. The van der Waals surface area contributed by atoms with Crippen LogP contribution in [-0.2, 0) is 13.0 Å². The van der Waals surface area contributed by atoms with Crippen molar-refractivity contribution in [1.29, 1.82) is 0 Å². The predicted octanol–water partition coefficient (Wildman–Crippen LogP) is 2.87. The first-order valence-corrected chi connectivity index (χ1v) is 7.40. The molecule has 2 nitrogen and oxygen atoms in total. The van der Waals surface area contributed by atoms with Crippen LogP contribution in [0.1, 0.15) is 43.7 Å². The SMILES string of the molecule is CCCc1ccc(CNCC2CCCCN2)cc1. The number of aryl methyl sites for hydroxylation is 1. The lowest BCUT2D eigenvalue weighted by molar-refractivity contribution is 0.383. The first-order chi connectivity index (χ1) is 8.88. The van der Waals surface area contributed by atoms with Gasteiger partial charge in [0.2, 0.25) is 0 Å². The number of nitrogens with one attached hydrogen (secondary N) is 2. The van der Waals surface area contributed by atoms with Crippen LogP contribution in [0.3, 0.4) is 0 Å². The summed E-state index contributed by atoms with van der Waals surface area (Å²) in [4.78, 5) is 0. The molecular weight excluding hydrogens is 220 g/mol. The zero-order valence-corrected chi connectivity index (χ0v) is 11.5. The van der Waals surface area contributed by atoms with Crippen molar-refractivity contribution >= 4 is 0 Å². The summed E-state index contributed by atoms with van der Waals surface area (Å²) in [6, 6.07) is 9.72. The molecular formula is C16H26N2. The van der Waals surface area contributed by atoms with E-state index in [1.54, 1.807) is 0 Å². The van der Waals surface area contributed by atoms with Crippen LogP contribution in [0, 0.1) is 0 Å². The summed E-state index contributed by atoms with van der Waals surface area (Å²) < 4.78 is 0. The standard InChI is InChI=1S/C16H26N2/c1-2-5-14-7-9-15(10-8-14)12-17-13-16-6-3-4-11-18-16/h7-10,16-18H,2-6,11-13H2,1H3. The van der Waals surface area contributed by atoms with E-state index in [0.717, 1.165) is 13.1 Å². The monoisotopic (exact) mass is 246 g/mol. The lowest BCUT2D eigenvalue weighted by Gasteiger charge is -2.23. The number of hydrogen-bond acceptors (Lipinski definition) is 2. The second-order valence-corrected chi connectivity index (χ2v) is 5.34. The molecule has 1 fully saturated rings. The smallest absolute Gasteiger partial charge is 0.0206 e. The van der Waals surface area contributed by atoms with Crippen molar-refractivity contribution in [1.82, 2.24) is 10.6 Å². The molecule has 1 aliphatic heterocycles. The Balaban J connectivity index is 1.69. The summed E-state index contributed by atoms with van der Waals surface area (Å²) in [6.45, 7) is 5.51. The van der Waals surface area contributed by atoms with Crippen molar-refractivity contribution in [3.63, 3.8) is 0 Å². The van der Waals surface area contributed by atoms with E-state index in [-0.39, 0.29) is 0 Å². The van der Waals surface area contributed by atoms with Crippen molar-refractivity contribution in [3.05, 3.63) is 35.4 Å². The lowest BCUT2D eigenvalue weighted by atomic mass is 10.0. The molecule has 18 heavy (non-hydrogen) atoms. The van der Waals surface area contributed by atoms with E-state index in [4.69, 9.17) is 0 Å². The molecule has 1 saturated heterocycles. The second kappa shape index (κ2) is 7.55. The third-order valence-corrected chi connectivity index (χ3v) is 3.69. The maximum atomic E-state index is 3.57. The van der Waals surface area contributed by atoms with Gasteiger partial charge in [0.05, 0.1) is 0 Å². The molecule has 1 unspecified atom stereocenters. The van der Waals surface area contributed by atoms with Crippen LogP contribution in [0.15, 0.2) is 24.3 Å². The molecule has 0 amide bonds. The molecule has 1 aliphatic rings. The van der Waals surface area contributed by atoms with E-state index >= 15 is 0 Å². The summed E-state index contributed by atoms with van der Waals surface area (Å²) >= 11 is 0. The lowest BCUT2D eigenvalue weighted by Crippen LogP contribution is -2.41. The molecule has 0 aliphatic carbocycles. The highest BCUT2D eigenvalue weighted by Gasteiger charge is 2.11. The maximum absolute atomic E-state index is 3.57. The van der Waals surface area contributed by atoms with Gasteiger partial charge in [-0.3, -0.25) is 0 Å². The maximum Gasteiger partial charge on any atom is 0.0206 e. The highest BCUT2D eigenvalue weighted by Crippen LogP contribution is 2.08. The first kappa shape index (κ1) is 13.6. The highest BCUT2D eigenvalue weighted by atomic mass is 15.0. The van der Waals surface area contributed by atoms with Crippen LogP contribution in [0.5, 0.6) is 0 Å². The van der Waals surface area contributed by atoms with Gasteiger partial charge in [-0.05, 0) is 36.9 Å². The Hall–Kier alpha value is -0.860. The molecule has 0 aromatic heterocycles. The zero-order chi connectivity index (χ0) is 12.6. The fourth-order valence-electron chi connectivity index (χ4n) is 2.60. The number of benzene rings is 1. The molecule has 1 heterocycles. The number of hydrogen-bond donors (Lipinski definition) is 2. The van der Waals surface area contributed by atoms with Crippen molar-refractivity contribution in [2.24, 2.45) is 0 Å². The molecule has 2 heteroatoms. The Kier molecular flexibility index (Phi) is 5.69. The predicted molar refractivity (Wildman–Crippen MR) is 77.8 cm³/mol. The molecule has 100 valence electrons. The Bertz CT molecular complexity index is 325. The first-order valence-electron chi connectivity index (χ1n) is 7.40. The summed E-state index contributed by atoms with van der Waals surface area (Å²) in [7, 11) is 0. The van der Waals surface area contributed by atoms with Gasteiger partial charge in [-0.1, -0.05) is 44.0 Å². The fourth-order valence-corrected chi connectivity index (χ4v) is 2.60. The fraction of sp³-hybridized carbons (Fsp3) is 0.625. The second-order valence-electron chi connectivity index (χ2n) is 5.34. The molecule has 1 aromatic rings. The van der Waals surface area contributed by atoms with E-state index in [1.807, 2.05) is 0 Å². The summed E-state index contributed by atoms with van der Waals surface area (Å²) in [5.74, 6) is 0. The summed E-state index contributed by atoms with van der Waals surface area (Å²) in [6.07, 6.45) is 6.47. The van der Waals surface area contributed by atoms with Gasteiger partial charge in [-0.15, -0.1) is 0 Å². The minimum atomic E-state index is 0.679. The highest BCUT2D eigenvalue weighted by molar-refractivity contribution is 5.22. The molecule has 1 aromatic carbocycles. The van der Waals surface area contributed by atoms with Crippen LogP contribution in [0.4, 0.5) is 0 Å². The molecule has 1 atom stereocenters. The van der Waals surface area contributed by atoms with Crippen LogP contribution in [-0.4, -0.2) is 19.1 Å². The van der Waals surface area contributed by atoms with Crippen LogP contribution in [0.2, 0.25) is 0 Å². The third-order valence-electron chi connectivity index (χ3n) is 3.69. The number of rotatable bonds is 6. The van der Waals surface area contributed by atoms with Crippen molar-refractivity contribution in [2.75, 3.05) is 13.1 Å². The Morgan fingerprint density at radius 1 is 1.17 bits per heavy atom. The van der Waals surface area contributed by atoms with Crippen LogP contribution >= 0.6 is 0 Å².